The van der Waals surface area contributed by atoms with E-state index in [1.807, 2.05) is 42.1 Å². The number of hydrogen-bond donors (Lipinski definition) is 2. The van der Waals surface area contributed by atoms with Crippen molar-refractivity contribution < 1.29 is 9.90 Å². The number of aryl methyl sites for hydroxylation is 2. The van der Waals surface area contributed by atoms with Crippen LogP contribution in [-0.4, -0.2) is 26.0 Å². The predicted molar refractivity (Wildman–Crippen MR) is 134 cm³/mol. The molecule has 6 heteroatoms. The number of nitrogens with zero attached hydrogens (tertiary/aromatic N) is 3. The lowest BCUT2D eigenvalue weighted by atomic mass is 9.82. The van der Waals surface area contributed by atoms with E-state index in [0.717, 1.165) is 49.7 Å². The van der Waals surface area contributed by atoms with Gasteiger partial charge in [-0.3, -0.25) is 4.79 Å². The van der Waals surface area contributed by atoms with Crippen molar-refractivity contribution in [1.82, 2.24) is 20.3 Å². The summed E-state index contributed by atoms with van der Waals surface area (Å²) in [6, 6.07) is 14.6. The first kappa shape index (κ1) is 22.5. The lowest BCUT2D eigenvalue weighted by molar-refractivity contribution is -0.131. The first-order valence-electron chi connectivity index (χ1n) is 12.9. The van der Waals surface area contributed by atoms with Crippen LogP contribution >= 0.6 is 0 Å². The predicted octanol–water partition coefficient (Wildman–Crippen LogP) is 4.69. The second kappa shape index (κ2) is 8.02. The Balaban J connectivity index is 1.19. The zero-order valence-corrected chi connectivity index (χ0v) is 20.8. The molecule has 3 unspecified atom stereocenters. The Morgan fingerprint density at radius 2 is 1.80 bits per heavy atom. The van der Waals surface area contributed by atoms with E-state index in [1.54, 1.807) is 0 Å². The fourth-order valence-corrected chi connectivity index (χ4v) is 6.82. The van der Waals surface area contributed by atoms with Gasteiger partial charge in [0.05, 0.1) is 23.2 Å². The average molecular weight is 471 g/mol. The summed E-state index contributed by atoms with van der Waals surface area (Å²) in [6.07, 6.45) is 6.47. The normalized spacial score (nSPS) is 29.8. The number of aliphatic hydroxyl groups excluding tert-OH is 1. The van der Waals surface area contributed by atoms with Crippen molar-refractivity contribution in [2.45, 2.75) is 77.0 Å². The Morgan fingerprint density at radius 1 is 1.09 bits per heavy atom. The molecular formula is C29H34N4O2. The largest absolute Gasteiger partial charge is 0.382 e. The Bertz CT molecular complexity index is 1270. The number of rotatable bonds is 5. The van der Waals surface area contributed by atoms with Crippen molar-refractivity contribution >= 4 is 5.91 Å². The van der Waals surface area contributed by atoms with Crippen LogP contribution in [-0.2, 0) is 16.8 Å². The van der Waals surface area contributed by atoms with Crippen LogP contribution in [0.4, 0.5) is 0 Å². The highest BCUT2D eigenvalue weighted by atomic mass is 16.3. The Hall–Kier alpha value is -2.99. The fourth-order valence-electron chi connectivity index (χ4n) is 6.82. The van der Waals surface area contributed by atoms with E-state index < -0.39 is 6.10 Å². The molecule has 0 aliphatic heterocycles. The van der Waals surface area contributed by atoms with E-state index in [2.05, 4.69) is 47.7 Å². The van der Waals surface area contributed by atoms with Gasteiger partial charge < -0.3 is 10.4 Å². The molecular weight excluding hydrogens is 436 g/mol. The van der Waals surface area contributed by atoms with Gasteiger partial charge in [-0.2, -0.15) is 0 Å². The number of hydrogen-bond acceptors (Lipinski definition) is 4. The van der Waals surface area contributed by atoms with Crippen molar-refractivity contribution in [3.63, 3.8) is 0 Å². The average Bonchev–Trinajstić information content (AvgIpc) is 3.63. The molecule has 2 saturated carbocycles. The van der Waals surface area contributed by atoms with Crippen LogP contribution in [0, 0.1) is 25.2 Å². The minimum atomic E-state index is -0.802. The van der Waals surface area contributed by atoms with Crippen molar-refractivity contribution in [3.05, 3.63) is 82.2 Å². The number of carbonyl (C=O) groups excluding carboxylic acids is 1. The molecule has 3 aliphatic carbocycles. The van der Waals surface area contributed by atoms with Gasteiger partial charge in [-0.15, -0.1) is 5.10 Å². The molecule has 6 rings (SSSR count). The second-order valence-corrected chi connectivity index (χ2v) is 11.4. The molecule has 182 valence electrons. The van der Waals surface area contributed by atoms with E-state index in [-0.39, 0.29) is 22.9 Å². The lowest BCUT2D eigenvalue weighted by Gasteiger charge is -2.29. The summed E-state index contributed by atoms with van der Waals surface area (Å²) in [5.74, 6) is 0.601. The number of carbonyl (C=O) groups is 1. The van der Waals surface area contributed by atoms with Gasteiger partial charge in [0.25, 0.3) is 0 Å². The fraction of sp³-hybridized carbons (Fsp3) is 0.483. The minimum absolute atomic E-state index is 0.0880. The Kier molecular flexibility index (Phi) is 5.15. The summed E-state index contributed by atoms with van der Waals surface area (Å²) in [4.78, 5) is 13.7. The number of nitrogens with one attached hydrogen (secondary N) is 1. The van der Waals surface area contributed by atoms with Crippen LogP contribution < -0.4 is 5.32 Å². The van der Waals surface area contributed by atoms with E-state index in [1.165, 1.54) is 16.7 Å². The molecule has 6 nitrogen and oxygen atoms in total. The molecule has 1 heterocycles. The standard InChI is InChI=1S/C29H34N4O2/c1-18-4-7-21(8-5-18)26(34)24-16-33(32-31-24)29-12-10-28(17-29,11-13-29)27(35)30-25-20(3)15-22-9-6-19(2)14-23(22)25/h4-9,14,16,20,25-26,34H,10-13,15,17H2,1-3H3,(H,30,35). The van der Waals surface area contributed by atoms with Crippen LogP contribution in [0.2, 0.25) is 0 Å². The molecule has 3 aromatic rings. The summed E-state index contributed by atoms with van der Waals surface area (Å²) in [6.45, 7) is 6.38. The summed E-state index contributed by atoms with van der Waals surface area (Å²) in [7, 11) is 0. The lowest BCUT2D eigenvalue weighted by Crippen LogP contribution is -2.41. The number of aliphatic hydroxyl groups is 1. The van der Waals surface area contributed by atoms with E-state index in [0.29, 0.717) is 11.6 Å². The van der Waals surface area contributed by atoms with Crippen molar-refractivity contribution in [3.8, 4) is 0 Å². The minimum Gasteiger partial charge on any atom is -0.382 e. The summed E-state index contributed by atoms with van der Waals surface area (Å²) < 4.78 is 1.94. The van der Waals surface area contributed by atoms with Gasteiger partial charge in [0, 0.05) is 0 Å². The van der Waals surface area contributed by atoms with Gasteiger partial charge >= 0.3 is 0 Å². The van der Waals surface area contributed by atoms with Crippen molar-refractivity contribution in [2.24, 2.45) is 11.3 Å². The van der Waals surface area contributed by atoms with Gasteiger partial charge in [-0.05, 0) is 75.0 Å². The molecule has 35 heavy (non-hydrogen) atoms. The highest BCUT2D eigenvalue weighted by molar-refractivity contribution is 5.84. The zero-order valence-electron chi connectivity index (χ0n) is 20.8. The molecule has 2 aromatic carbocycles. The maximum Gasteiger partial charge on any atom is 0.226 e. The van der Waals surface area contributed by atoms with Crippen LogP contribution in [0.1, 0.15) is 84.7 Å². The van der Waals surface area contributed by atoms with Crippen molar-refractivity contribution in [1.29, 1.82) is 0 Å². The molecule has 0 saturated heterocycles. The number of benzene rings is 2. The Morgan fingerprint density at radius 3 is 2.54 bits per heavy atom. The zero-order chi connectivity index (χ0) is 24.4. The summed E-state index contributed by atoms with van der Waals surface area (Å²) in [5.41, 5.74) is 5.89. The number of amides is 1. The molecule has 2 N–H and O–H groups in total. The molecule has 3 atom stereocenters. The quantitative estimate of drug-likeness (QED) is 0.567. The summed E-state index contributed by atoms with van der Waals surface area (Å²) in [5, 5.41) is 23.1. The number of fused-ring (bicyclic) bond motifs is 3. The molecule has 1 amide bonds. The molecule has 1 aromatic heterocycles. The van der Waals surface area contributed by atoms with Crippen LogP contribution in [0.3, 0.4) is 0 Å². The molecule has 3 aliphatic rings. The van der Waals surface area contributed by atoms with Crippen LogP contribution in [0.15, 0.2) is 48.7 Å². The first-order chi connectivity index (χ1) is 16.8. The third-order valence-electron chi connectivity index (χ3n) is 8.99. The maximum absolute atomic E-state index is 13.7. The first-order valence-corrected chi connectivity index (χ1v) is 12.9. The third kappa shape index (κ3) is 3.61. The van der Waals surface area contributed by atoms with Crippen molar-refractivity contribution in [2.75, 3.05) is 0 Å². The van der Waals surface area contributed by atoms with E-state index >= 15 is 0 Å². The third-order valence-corrected chi connectivity index (χ3v) is 8.99. The highest BCUT2D eigenvalue weighted by Gasteiger charge is 2.60. The van der Waals surface area contributed by atoms with Gasteiger partial charge in [-0.25, -0.2) is 4.68 Å². The van der Waals surface area contributed by atoms with Gasteiger partial charge in [0.2, 0.25) is 5.91 Å². The molecule has 0 radical (unpaired) electrons. The maximum atomic E-state index is 13.7. The van der Waals surface area contributed by atoms with Gasteiger partial charge in [0.15, 0.2) is 0 Å². The monoisotopic (exact) mass is 470 g/mol. The van der Waals surface area contributed by atoms with E-state index in [4.69, 9.17) is 0 Å². The van der Waals surface area contributed by atoms with Gasteiger partial charge in [0.1, 0.15) is 11.8 Å². The van der Waals surface area contributed by atoms with E-state index in [9.17, 15) is 9.90 Å². The van der Waals surface area contributed by atoms with Gasteiger partial charge in [-0.1, -0.05) is 65.7 Å². The number of aromatic nitrogens is 3. The van der Waals surface area contributed by atoms with Crippen LogP contribution in [0.5, 0.6) is 0 Å². The molecule has 0 spiro atoms. The Labute approximate surface area is 206 Å². The SMILES string of the molecule is Cc1ccc(C(O)c2cn(C34CCC(C(=O)NC5c6cc(C)ccc6CC5C)(CC3)C4)nn2)cc1. The molecule has 2 bridgehead atoms. The second-order valence-electron chi connectivity index (χ2n) is 11.4. The smallest absolute Gasteiger partial charge is 0.226 e. The topological polar surface area (TPSA) is 80.0 Å². The van der Waals surface area contributed by atoms with Crippen LogP contribution in [0.25, 0.3) is 0 Å². The molecule has 2 fully saturated rings. The summed E-state index contributed by atoms with van der Waals surface area (Å²) >= 11 is 0. The highest BCUT2D eigenvalue weighted by Crippen LogP contribution is 2.60.